The molecule has 3 heteroatoms. The summed E-state index contributed by atoms with van der Waals surface area (Å²) >= 11 is 0. The van der Waals surface area contributed by atoms with Crippen molar-refractivity contribution in [1.82, 2.24) is 4.90 Å². The van der Waals surface area contributed by atoms with E-state index >= 15 is 0 Å². The number of amides is 1. The first-order valence-electron chi connectivity index (χ1n) is 8.12. The average Bonchev–Trinajstić information content (AvgIpc) is 2.48. The van der Waals surface area contributed by atoms with Crippen LogP contribution in [0.15, 0.2) is 18.2 Å². The van der Waals surface area contributed by atoms with E-state index < -0.39 is 0 Å². The lowest BCUT2D eigenvalue weighted by Gasteiger charge is -2.33. The highest BCUT2D eigenvalue weighted by Crippen LogP contribution is 2.24. The van der Waals surface area contributed by atoms with E-state index in [-0.39, 0.29) is 12.5 Å². The van der Waals surface area contributed by atoms with E-state index in [4.69, 9.17) is 4.74 Å². The minimum absolute atomic E-state index is 0.118. The third-order valence-corrected chi connectivity index (χ3v) is 4.43. The van der Waals surface area contributed by atoms with Gasteiger partial charge in [0.15, 0.2) is 6.61 Å². The van der Waals surface area contributed by atoms with Gasteiger partial charge in [0, 0.05) is 12.6 Å². The molecular formula is C18H27NO2. The predicted octanol–water partition coefficient (Wildman–Crippen LogP) is 3.86. The van der Waals surface area contributed by atoms with Gasteiger partial charge in [-0.1, -0.05) is 37.5 Å². The van der Waals surface area contributed by atoms with Gasteiger partial charge in [0.1, 0.15) is 5.75 Å². The fourth-order valence-electron chi connectivity index (χ4n) is 3.27. The Morgan fingerprint density at radius 3 is 2.38 bits per heavy atom. The lowest BCUT2D eigenvalue weighted by Crippen LogP contribution is -2.43. The quantitative estimate of drug-likeness (QED) is 0.823. The third kappa shape index (κ3) is 3.99. The molecule has 1 saturated carbocycles. The summed E-state index contributed by atoms with van der Waals surface area (Å²) in [5.74, 6) is 0.970. The maximum absolute atomic E-state index is 12.5. The lowest BCUT2D eigenvalue weighted by atomic mass is 9.94. The molecule has 0 radical (unpaired) electrons. The van der Waals surface area contributed by atoms with Crippen LogP contribution in [-0.2, 0) is 4.79 Å². The van der Waals surface area contributed by atoms with Gasteiger partial charge in [0.2, 0.25) is 0 Å². The molecule has 0 N–H and O–H groups in total. The van der Waals surface area contributed by atoms with Gasteiger partial charge in [-0.3, -0.25) is 4.79 Å². The van der Waals surface area contributed by atoms with Crippen LogP contribution in [0.4, 0.5) is 0 Å². The molecule has 0 atom stereocenters. The van der Waals surface area contributed by atoms with Gasteiger partial charge in [-0.05, 0) is 44.7 Å². The van der Waals surface area contributed by atoms with E-state index in [2.05, 4.69) is 6.92 Å². The Morgan fingerprint density at radius 1 is 1.19 bits per heavy atom. The Kier molecular flexibility index (Phi) is 5.66. The molecule has 2 rings (SSSR count). The maximum atomic E-state index is 12.5. The SMILES string of the molecule is CCN(C(=O)COc1c(C)cccc1C)C1CCCCC1. The molecular weight excluding hydrogens is 262 g/mol. The Hall–Kier alpha value is -1.51. The van der Waals surface area contributed by atoms with Crippen molar-refractivity contribution in [2.75, 3.05) is 13.2 Å². The summed E-state index contributed by atoms with van der Waals surface area (Å²) < 4.78 is 5.81. The average molecular weight is 289 g/mol. The fourth-order valence-corrected chi connectivity index (χ4v) is 3.27. The van der Waals surface area contributed by atoms with Crippen LogP contribution in [0.25, 0.3) is 0 Å². The van der Waals surface area contributed by atoms with E-state index in [1.165, 1.54) is 19.3 Å². The molecule has 1 aliphatic rings. The zero-order chi connectivity index (χ0) is 15.2. The van der Waals surface area contributed by atoms with Crippen molar-refractivity contribution >= 4 is 5.91 Å². The molecule has 0 aromatic heterocycles. The number of carbonyl (C=O) groups excluding carboxylic acids is 1. The second-order valence-electron chi connectivity index (χ2n) is 5.98. The molecule has 0 heterocycles. The highest BCUT2D eigenvalue weighted by atomic mass is 16.5. The molecule has 21 heavy (non-hydrogen) atoms. The van der Waals surface area contributed by atoms with E-state index in [1.807, 2.05) is 36.9 Å². The summed E-state index contributed by atoms with van der Waals surface area (Å²) in [5.41, 5.74) is 2.17. The first-order valence-corrected chi connectivity index (χ1v) is 8.12. The van der Waals surface area contributed by atoms with Crippen molar-refractivity contribution in [2.24, 2.45) is 0 Å². The summed E-state index contributed by atoms with van der Waals surface area (Å²) in [4.78, 5) is 14.5. The van der Waals surface area contributed by atoms with Crippen LogP contribution >= 0.6 is 0 Å². The van der Waals surface area contributed by atoms with Crippen LogP contribution in [0.1, 0.15) is 50.2 Å². The fraction of sp³-hybridized carbons (Fsp3) is 0.611. The Balaban J connectivity index is 1.96. The molecule has 1 aromatic carbocycles. The number of ether oxygens (including phenoxy) is 1. The minimum Gasteiger partial charge on any atom is -0.483 e. The Bertz CT molecular complexity index is 458. The van der Waals surface area contributed by atoms with Crippen molar-refractivity contribution in [2.45, 2.75) is 58.9 Å². The van der Waals surface area contributed by atoms with Crippen molar-refractivity contribution in [1.29, 1.82) is 0 Å². The smallest absolute Gasteiger partial charge is 0.260 e. The second-order valence-corrected chi connectivity index (χ2v) is 5.98. The van der Waals surface area contributed by atoms with E-state index in [1.54, 1.807) is 0 Å². The van der Waals surface area contributed by atoms with E-state index in [0.29, 0.717) is 6.04 Å². The zero-order valence-corrected chi connectivity index (χ0v) is 13.5. The number of carbonyl (C=O) groups is 1. The first kappa shape index (κ1) is 15.9. The predicted molar refractivity (Wildman–Crippen MR) is 85.7 cm³/mol. The van der Waals surface area contributed by atoms with E-state index in [9.17, 15) is 4.79 Å². The summed E-state index contributed by atoms with van der Waals surface area (Å²) in [7, 11) is 0. The molecule has 1 fully saturated rings. The summed E-state index contributed by atoms with van der Waals surface area (Å²) in [6.45, 7) is 7.03. The molecule has 3 nitrogen and oxygen atoms in total. The summed E-state index contributed by atoms with van der Waals surface area (Å²) in [5, 5.41) is 0. The van der Waals surface area contributed by atoms with Gasteiger partial charge in [-0.2, -0.15) is 0 Å². The minimum atomic E-state index is 0.118. The van der Waals surface area contributed by atoms with Crippen molar-refractivity contribution in [3.63, 3.8) is 0 Å². The van der Waals surface area contributed by atoms with Crippen molar-refractivity contribution in [3.8, 4) is 5.75 Å². The molecule has 0 bridgehead atoms. The van der Waals surface area contributed by atoms with Crippen LogP contribution in [0.5, 0.6) is 5.75 Å². The van der Waals surface area contributed by atoms with Crippen LogP contribution in [0.2, 0.25) is 0 Å². The molecule has 116 valence electrons. The molecule has 0 saturated heterocycles. The molecule has 0 spiro atoms. The Labute approximate surface area is 128 Å². The first-order chi connectivity index (χ1) is 10.1. The Morgan fingerprint density at radius 2 is 1.81 bits per heavy atom. The van der Waals surface area contributed by atoms with Gasteiger partial charge in [-0.25, -0.2) is 0 Å². The van der Waals surface area contributed by atoms with Crippen molar-refractivity contribution < 1.29 is 9.53 Å². The number of nitrogens with zero attached hydrogens (tertiary/aromatic N) is 1. The van der Waals surface area contributed by atoms with Crippen LogP contribution in [0.3, 0.4) is 0 Å². The molecule has 1 aromatic rings. The van der Waals surface area contributed by atoms with Gasteiger partial charge in [0.25, 0.3) is 5.91 Å². The third-order valence-electron chi connectivity index (χ3n) is 4.43. The largest absolute Gasteiger partial charge is 0.483 e. The number of hydrogen-bond donors (Lipinski definition) is 0. The maximum Gasteiger partial charge on any atom is 0.260 e. The van der Waals surface area contributed by atoms with Crippen LogP contribution in [0, 0.1) is 13.8 Å². The molecule has 0 aliphatic heterocycles. The molecule has 1 aliphatic carbocycles. The number of aryl methyl sites for hydroxylation is 2. The second kappa shape index (κ2) is 7.48. The van der Waals surface area contributed by atoms with Crippen molar-refractivity contribution in [3.05, 3.63) is 29.3 Å². The standard InChI is InChI=1S/C18H27NO2/c1-4-19(16-11-6-5-7-12-16)17(20)13-21-18-14(2)9-8-10-15(18)3/h8-10,16H,4-7,11-13H2,1-3H3. The number of rotatable bonds is 5. The van der Waals surface area contributed by atoms with Gasteiger partial charge >= 0.3 is 0 Å². The number of benzene rings is 1. The van der Waals surface area contributed by atoms with Gasteiger partial charge in [0.05, 0.1) is 0 Å². The topological polar surface area (TPSA) is 29.5 Å². The van der Waals surface area contributed by atoms with Crippen LogP contribution in [-0.4, -0.2) is 30.0 Å². The number of likely N-dealkylation sites (N-methyl/N-ethyl adjacent to an activating group) is 1. The highest BCUT2D eigenvalue weighted by Gasteiger charge is 2.24. The summed E-state index contributed by atoms with van der Waals surface area (Å²) in [6, 6.07) is 6.47. The highest BCUT2D eigenvalue weighted by molar-refractivity contribution is 5.78. The molecule has 1 amide bonds. The van der Waals surface area contributed by atoms with E-state index in [0.717, 1.165) is 36.3 Å². The zero-order valence-electron chi connectivity index (χ0n) is 13.5. The monoisotopic (exact) mass is 289 g/mol. The van der Waals surface area contributed by atoms with Gasteiger partial charge in [-0.15, -0.1) is 0 Å². The molecule has 0 unspecified atom stereocenters. The normalized spacial score (nSPS) is 15.8. The number of hydrogen-bond acceptors (Lipinski definition) is 2. The number of para-hydroxylation sites is 1. The van der Waals surface area contributed by atoms with Gasteiger partial charge < -0.3 is 9.64 Å². The van der Waals surface area contributed by atoms with Crippen LogP contribution < -0.4 is 4.74 Å². The lowest BCUT2D eigenvalue weighted by molar-refractivity contribution is -0.136. The summed E-state index contributed by atoms with van der Waals surface area (Å²) in [6.07, 6.45) is 6.07.